The van der Waals surface area contributed by atoms with Crippen LogP contribution in [0.2, 0.25) is 0 Å². The van der Waals surface area contributed by atoms with E-state index in [-0.39, 0.29) is 18.0 Å². The van der Waals surface area contributed by atoms with Gasteiger partial charge in [-0.25, -0.2) is 4.79 Å². The zero-order chi connectivity index (χ0) is 14.6. The van der Waals surface area contributed by atoms with Gasteiger partial charge in [-0.15, -0.1) is 0 Å². The number of rotatable bonds is 5. The third-order valence-electron chi connectivity index (χ3n) is 4.48. The van der Waals surface area contributed by atoms with Crippen molar-refractivity contribution in [2.75, 3.05) is 13.1 Å². The maximum atomic E-state index is 11.9. The summed E-state index contributed by atoms with van der Waals surface area (Å²) >= 11 is 0. The van der Waals surface area contributed by atoms with Crippen LogP contribution >= 0.6 is 0 Å². The topological polar surface area (TPSA) is 70.2 Å². The molecule has 3 N–H and O–H groups in total. The Morgan fingerprint density at radius 1 is 1.45 bits per heavy atom. The molecule has 0 aromatic heterocycles. The summed E-state index contributed by atoms with van der Waals surface area (Å²) in [6.45, 7) is 5.80. The lowest BCUT2D eigenvalue weighted by Gasteiger charge is -2.43. The van der Waals surface area contributed by atoms with Crippen molar-refractivity contribution in [2.45, 2.75) is 58.4 Å². The molecular weight excluding hydrogens is 254 g/mol. The van der Waals surface area contributed by atoms with Crippen molar-refractivity contribution in [3.8, 4) is 0 Å². The number of amides is 3. The van der Waals surface area contributed by atoms with Crippen LogP contribution < -0.4 is 16.0 Å². The molecule has 1 atom stereocenters. The first kappa shape index (κ1) is 15.1. The molecule has 1 unspecified atom stereocenters. The highest BCUT2D eigenvalue weighted by Gasteiger charge is 2.37. The SMILES string of the molecule is CC(C)CC1(CNC(=O)NC2CCC(=O)NC2)CCC1. The van der Waals surface area contributed by atoms with Gasteiger partial charge in [-0.1, -0.05) is 20.3 Å². The van der Waals surface area contributed by atoms with Gasteiger partial charge in [-0.3, -0.25) is 4.79 Å². The van der Waals surface area contributed by atoms with E-state index >= 15 is 0 Å². The van der Waals surface area contributed by atoms with Crippen molar-refractivity contribution in [3.63, 3.8) is 0 Å². The van der Waals surface area contributed by atoms with Gasteiger partial charge in [0.25, 0.3) is 0 Å². The molecule has 1 saturated heterocycles. The van der Waals surface area contributed by atoms with Crippen molar-refractivity contribution >= 4 is 11.9 Å². The normalized spacial score (nSPS) is 24.8. The molecule has 1 aliphatic heterocycles. The minimum Gasteiger partial charge on any atom is -0.354 e. The summed E-state index contributed by atoms with van der Waals surface area (Å²) in [5.74, 6) is 0.752. The first-order valence-corrected chi connectivity index (χ1v) is 7.80. The monoisotopic (exact) mass is 281 g/mol. The highest BCUT2D eigenvalue weighted by atomic mass is 16.2. The van der Waals surface area contributed by atoms with Crippen LogP contribution in [0.5, 0.6) is 0 Å². The number of urea groups is 1. The third-order valence-corrected chi connectivity index (χ3v) is 4.48. The Labute approximate surface area is 121 Å². The Balaban J connectivity index is 1.70. The van der Waals surface area contributed by atoms with Gasteiger partial charge in [-0.2, -0.15) is 0 Å². The van der Waals surface area contributed by atoms with Gasteiger partial charge >= 0.3 is 6.03 Å². The molecule has 0 aromatic rings. The molecule has 0 spiro atoms. The van der Waals surface area contributed by atoms with E-state index in [2.05, 4.69) is 29.8 Å². The fraction of sp³-hybridized carbons (Fsp3) is 0.867. The van der Waals surface area contributed by atoms with Gasteiger partial charge in [0.1, 0.15) is 0 Å². The predicted molar refractivity (Wildman–Crippen MR) is 78.3 cm³/mol. The first-order chi connectivity index (χ1) is 9.49. The fourth-order valence-electron chi connectivity index (χ4n) is 3.36. The summed E-state index contributed by atoms with van der Waals surface area (Å²) in [6.07, 6.45) is 6.16. The number of hydrogen-bond donors (Lipinski definition) is 3. The van der Waals surface area contributed by atoms with Gasteiger partial charge < -0.3 is 16.0 Å². The van der Waals surface area contributed by atoms with Gasteiger partial charge in [-0.05, 0) is 37.0 Å². The highest BCUT2D eigenvalue weighted by molar-refractivity contribution is 5.78. The van der Waals surface area contributed by atoms with Crippen LogP contribution in [0.25, 0.3) is 0 Å². The van der Waals surface area contributed by atoms with Crippen molar-refractivity contribution in [1.29, 1.82) is 0 Å². The molecule has 5 nitrogen and oxygen atoms in total. The van der Waals surface area contributed by atoms with E-state index < -0.39 is 0 Å². The Morgan fingerprint density at radius 2 is 2.20 bits per heavy atom. The summed E-state index contributed by atoms with van der Waals surface area (Å²) in [5, 5.41) is 8.75. The van der Waals surface area contributed by atoms with Gasteiger partial charge in [0.15, 0.2) is 0 Å². The summed E-state index contributed by atoms with van der Waals surface area (Å²) in [7, 11) is 0. The smallest absolute Gasteiger partial charge is 0.315 e. The number of carbonyl (C=O) groups excluding carboxylic acids is 2. The zero-order valence-corrected chi connectivity index (χ0v) is 12.6. The molecule has 2 fully saturated rings. The summed E-state index contributed by atoms with van der Waals surface area (Å²) < 4.78 is 0. The Kier molecular flexibility index (Phi) is 4.89. The molecule has 1 heterocycles. The van der Waals surface area contributed by atoms with Crippen molar-refractivity contribution in [2.24, 2.45) is 11.3 Å². The van der Waals surface area contributed by atoms with E-state index in [1.807, 2.05) is 0 Å². The average molecular weight is 281 g/mol. The number of hydrogen-bond acceptors (Lipinski definition) is 2. The van der Waals surface area contributed by atoms with E-state index in [9.17, 15) is 9.59 Å². The number of carbonyl (C=O) groups is 2. The third kappa shape index (κ3) is 4.12. The van der Waals surface area contributed by atoms with Crippen molar-refractivity contribution < 1.29 is 9.59 Å². The molecule has 0 bridgehead atoms. The maximum Gasteiger partial charge on any atom is 0.315 e. The van der Waals surface area contributed by atoms with Crippen LogP contribution in [0.1, 0.15) is 52.4 Å². The van der Waals surface area contributed by atoms with Crippen LogP contribution in [0.4, 0.5) is 4.79 Å². The van der Waals surface area contributed by atoms with Crippen LogP contribution in [-0.2, 0) is 4.79 Å². The zero-order valence-electron chi connectivity index (χ0n) is 12.6. The first-order valence-electron chi connectivity index (χ1n) is 7.80. The van der Waals surface area contributed by atoms with Crippen LogP contribution in [0, 0.1) is 11.3 Å². The second-order valence-corrected chi connectivity index (χ2v) is 6.82. The minimum atomic E-state index is -0.0961. The Bertz CT molecular complexity index is 354. The summed E-state index contributed by atoms with van der Waals surface area (Å²) in [6, 6.07) is -0.0312. The van der Waals surface area contributed by atoms with E-state index in [4.69, 9.17) is 0 Å². The number of nitrogens with one attached hydrogen (secondary N) is 3. The molecule has 5 heteroatoms. The fourth-order valence-corrected chi connectivity index (χ4v) is 3.36. The molecule has 0 radical (unpaired) electrons. The van der Waals surface area contributed by atoms with Crippen molar-refractivity contribution in [1.82, 2.24) is 16.0 Å². The number of piperidine rings is 1. The van der Waals surface area contributed by atoms with E-state index in [0.29, 0.717) is 24.3 Å². The average Bonchev–Trinajstić information content (AvgIpc) is 2.35. The van der Waals surface area contributed by atoms with Gasteiger partial charge in [0.2, 0.25) is 5.91 Å². The summed E-state index contributed by atoms with van der Waals surface area (Å²) in [4.78, 5) is 23.0. The molecule has 1 saturated carbocycles. The van der Waals surface area contributed by atoms with Crippen LogP contribution in [0.15, 0.2) is 0 Å². The van der Waals surface area contributed by atoms with Crippen LogP contribution in [-0.4, -0.2) is 31.1 Å². The molecule has 20 heavy (non-hydrogen) atoms. The van der Waals surface area contributed by atoms with Gasteiger partial charge in [0.05, 0.1) is 0 Å². The highest BCUT2D eigenvalue weighted by Crippen LogP contribution is 2.45. The lowest BCUT2D eigenvalue weighted by molar-refractivity contribution is -0.122. The molecule has 3 amide bonds. The van der Waals surface area contributed by atoms with E-state index in [1.165, 1.54) is 25.7 Å². The second kappa shape index (κ2) is 6.46. The van der Waals surface area contributed by atoms with E-state index in [0.717, 1.165) is 13.0 Å². The lowest BCUT2D eigenvalue weighted by atomic mass is 9.64. The molecule has 2 aliphatic rings. The largest absolute Gasteiger partial charge is 0.354 e. The minimum absolute atomic E-state index is 0.0649. The lowest BCUT2D eigenvalue weighted by Crippen LogP contribution is -2.52. The second-order valence-electron chi connectivity index (χ2n) is 6.82. The molecule has 114 valence electrons. The molecule has 0 aromatic carbocycles. The predicted octanol–water partition coefficient (Wildman–Crippen LogP) is 1.78. The molecule has 2 rings (SSSR count). The van der Waals surface area contributed by atoms with E-state index in [1.54, 1.807) is 0 Å². The standard InChI is InChI=1S/C15H27N3O2/c1-11(2)8-15(6-3-7-15)10-17-14(20)18-12-4-5-13(19)16-9-12/h11-12H,3-10H2,1-2H3,(H,16,19)(H2,17,18,20). The van der Waals surface area contributed by atoms with Crippen LogP contribution in [0.3, 0.4) is 0 Å². The van der Waals surface area contributed by atoms with Crippen molar-refractivity contribution in [3.05, 3.63) is 0 Å². The quantitative estimate of drug-likeness (QED) is 0.719. The molecule has 1 aliphatic carbocycles. The summed E-state index contributed by atoms with van der Waals surface area (Å²) in [5.41, 5.74) is 0.326. The van der Waals surface area contributed by atoms with Gasteiger partial charge in [0, 0.05) is 25.6 Å². The molecular formula is C15H27N3O2. The Hall–Kier alpha value is -1.26. The Morgan fingerprint density at radius 3 is 2.70 bits per heavy atom. The maximum absolute atomic E-state index is 11.9.